The highest BCUT2D eigenvalue weighted by Crippen LogP contribution is 2.13. The number of rotatable bonds is 7. The van der Waals surface area contributed by atoms with E-state index < -0.39 is 0 Å². The Labute approximate surface area is 161 Å². The van der Waals surface area contributed by atoms with E-state index in [0.29, 0.717) is 18.1 Å². The number of oxazole rings is 1. The lowest BCUT2D eigenvalue weighted by molar-refractivity contribution is 0.0934. The van der Waals surface area contributed by atoms with Gasteiger partial charge in [-0.2, -0.15) is 0 Å². The van der Waals surface area contributed by atoms with Gasteiger partial charge >= 0.3 is 0 Å². The van der Waals surface area contributed by atoms with E-state index in [1.807, 2.05) is 13.8 Å². The first-order chi connectivity index (χ1) is 13.0. The van der Waals surface area contributed by atoms with E-state index in [1.165, 1.54) is 17.4 Å². The fourth-order valence-electron chi connectivity index (χ4n) is 3.25. The van der Waals surface area contributed by atoms with Gasteiger partial charge in [-0.3, -0.25) is 14.6 Å². The minimum absolute atomic E-state index is 0.138. The molecule has 0 saturated carbocycles. The third-order valence-corrected chi connectivity index (χ3v) is 5.09. The van der Waals surface area contributed by atoms with Gasteiger partial charge in [0.1, 0.15) is 6.26 Å². The van der Waals surface area contributed by atoms with E-state index in [9.17, 15) is 4.79 Å². The van der Waals surface area contributed by atoms with Crippen LogP contribution in [0.25, 0.3) is 0 Å². The van der Waals surface area contributed by atoms with E-state index >= 15 is 0 Å². The van der Waals surface area contributed by atoms with Crippen molar-refractivity contribution in [3.05, 3.63) is 53.2 Å². The molecule has 1 aromatic carbocycles. The van der Waals surface area contributed by atoms with Crippen LogP contribution in [-0.4, -0.2) is 52.9 Å². The number of benzene rings is 1. The zero-order chi connectivity index (χ0) is 19.2. The molecule has 0 aliphatic carbocycles. The fourth-order valence-corrected chi connectivity index (χ4v) is 3.25. The van der Waals surface area contributed by atoms with Gasteiger partial charge in [0.05, 0.1) is 6.54 Å². The van der Waals surface area contributed by atoms with Crippen molar-refractivity contribution in [2.75, 3.05) is 26.2 Å². The minimum Gasteiger partial charge on any atom is -0.447 e. The zero-order valence-electron chi connectivity index (χ0n) is 16.6. The molecule has 1 aliphatic rings. The quantitative estimate of drug-likeness (QED) is 0.812. The second-order valence-corrected chi connectivity index (χ2v) is 7.45. The fraction of sp³-hybridized carbons (Fsp3) is 0.524. The van der Waals surface area contributed by atoms with Crippen molar-refractivity contribution in [3.63, 3.8) is 0 Å². The van der Waals surface area contributed by atoms with E-state index in [4.69, 9.17) is 4.42 Å². The first kappa shape index (κ1) is 19.6. The Morgan fingerprint density at radius 1 is 1.22 bits per heavy atom. The molecule has 2 aromatic rings. The van der Waals surface area contributed by atoms with E-state index in [1.54, 1.807) is 0 Å². The second-order valence-electron chi connectivity index (χ2n) is 7.45. The summed E-state index contributed by atoms with van der Waals surface area (Å²) in [6.45, 7) is 11.8. The van der Waals surface area contributed by atoms with Crippen LogP contribution in [-0.2, 0) is 13.1 Å². The maximum absolute atomic E-state index is 12.1. The highest BCUT2D eigenvalue weighted by Gasteiger charge is 2.20. The van der Waals surface area contributed by atoms with Crippen molar-refractivity contribution < 1.29 is 9.21 Å². The molecule has 1 unspecified atom stereocenters. The van der Waals surface area contributed by atoms with Crippen molar-refractivity contribution in [1.29, 1.82) is 0 Å². The summed E-state index contributed by atoms with van der Waals surface area (Å²) in [6.07, 6.45) is 2.35. The van der Waals surface area contributed by atoms with Crippen LogP contribution in [0.2, 0.25) is 0 Å². The van der Waals surface area contributed by atoms with E-state index in [0.717, 1.165) is 39.1 Å². The lowest BCUT2D eigenvalue weighted by atomic mass is 10.1. The van der Waals surface area contributed by atoms with Gasteiger partial charge in [-0.25, -0.2) is 4.98 Å². The van der Waals surface area contributed by atoms with Crippen LogP contribution >= 0.6 is 0 Å². The summed E-state index contributed by atoms with van der Waals surface area (Å²) in [7, 11) is 0. The van der Waals surface area contributed by atoms with Crippen LogP contribution in [0.4, 0.5) is 0 Å². The van der Waals surface area contributed by atoms with E-state index in [2.05, 4.69) is 51.3 Å². The number of nitrogens with one attached hydrogen (secondary N) is 1. The molecule has 0 bridgehead atoms. The molecule has 27 heavy (non-hydrogen) atoms. The molecule has 3 rings (SSSR count). The van der Waals surface area contributed by atoms with Crippen molar-refractivity contribution >= 4 is 5.91 Å². The number of aryl methyl sites for hydroxylation is 1. The highest BCUT2D eigenvalue weighted by atomic mass is 16.3. The molecule has 6 nitrogen and oxygen atoms in total. The van der Waals surface area contributed by atoms with Gasteiger partial charge in [-0.05, 0) is 25.8 Å². The molecule has 1 atom stereocenters. The topological polar surface area (TPSA) is 61.6 Å². The number of piperazine rings is 1. The summed E-state index contributed by atoms with van der Waals surface area (Å²) in [5, 5.41) is 2.91. The summed E-state index contributed by atoms with van der Waals surface area (Å²) in [6, 6.07) is 8.84. The Bertz CT molecular complexity index is 750. The molecule has 6 heteroatoms. The minimum atomic E-state index is -0.165. The average Bonchev–Trinajstić information content (AvgIpc) is 3.12. The SMILES string of the molecule is CCC(C)NC(=O)c1coc(CN2CCN(Cc3cccc(C)c3)CC2)n1. The molecule has 2 heterocycles. The summed E-state index contributed by atoms with van der Waals surface area (Å²) in [4.78, 5) is 21.3. The Morgan fingerprint density at radius 2 is 1.93 bits per heavy atom. The molecule has 1 saturated heterocycles. The normalized spacial score (nSPS) is 17.0. The molecule has 1 N–H and O–H groups in total. The van der Waals surface area contributed by atoms with Crippen LogP contribution in [0.15, 0.2) is 34.9 Å². The number of carbonyl (C=O) groups excluding carboxylic acids is 1. The summed E-state index contributed by atoms with van der Waals surface area (Å²) >= 11 is 0. The monoisotopic (exact) mass is 370 g/mol. The standard InChI is InChI=1S/C21H30N4O2/c1-4-17(3)22-21(26)19-15-27-20(23-19)14-25-10-8-24(9-11-25)13-18-7-5-6-16(2)12-18/h5-7,12,15,17H,4,8-11,13-14H2,1-3H3,(H,22,26). The van der Waals surface area contributed by atoms with Gasteiger partial charge in [0, 0.05) is 38.8 Å². The van der Waals surface area contributed by atoms with Gasteiger partial charge in [-0.15, -0.1) is 0 Å². The Morgan fingerprint density at radius 3 is 2.59 bits per heavy atom. The first-order valence-electron chi connectivity index (χ1n) is 9.79. The van der Waals surface area contributed by atoms with Crippen LogP contribution < -0.4 is 5.32 Å². The van der Waals surface area contributed by atoms with Gasteiger partial charge in [0.25, 0.3) is 5.91 Å². The van der Waals surface area contributed by atoms with Crippen molar-refractivity contribution in [1.82, 2.24) is 20.1 Å². The van der Waals surface area contributed by atoms with Gasteiger partial charge in [-0.1, -0.05) is 36.8 Å². The van der Waals surface area contributed by atoms with Crippen LogP contribution in [0, 0.1) is 6.92 Å². The summed E-state index contributed by atoms with van der Waals surface area (Å²) < 4.78 is 5.51. The van der Waals surface area contributed by atoms with E-state index in [-0.39, 0.29) is 11.9 Å². The van der Waals surface area contributed by atoms with Crippen LogP contribution in [0.1, 0.15) is 47.8 Å². The molecular weight excluding hydrogens is 340 g/mol. The molecule has 1 aromatic heterocycles. The Kier molecular flexibility index (Phi) is 6.63. The molecule has 0 spiro atoms. The van der Waals surface area contributed by atoms with Gasteiger partial charge in [0.15, 0.2) is 5.69 Å². The average molecular weight is 370 g/mol. The molecular formula is C21H30N4O2. The first-order valence-corrected chi connectivity index (χ1v) is 9.79. The third-order valence-electron chi connectivity index (χ3n) is 5.09. The molecule has 0 radical (unpaired) electrons. The number of hydrogen-bond acceptors (Lipinski definition) is 5. The number of carbonyl (C=O) groups is 1. The smallest absolute Gasteiger partial charge is 0.273 e. The largest absolute Gasteiger partial charge is 0.447 e. The van der Waals surface area contributed by atoms with Crippen LogP contribution in [0.3, 0.4) is 0 Å². The van der Waals surface area contributed by atoms with Crippen LogP contribution in [0.5, 0.6) is 0 Å². The maximum Gasteiger partial charge on any atom is 0.273 e. The Balaban J connectivity index is 1.46. The number of aromatic nitrogens is 1. The predicted molar refractivity (Wildman–Crippen MR) is 105 cm³/mol. The molecule has 1 fully saturated rings. The lowest BCUT2D eigenvalue weighted by Gasteiger charge is -2.34. The summed E-state index contributed by atoms with van der Waals surface area (Å²) in [5.41, 5.74) is 3.04. The third kappa shape index (κ3) is 5.65. The number of nitrogens with zero attached hydrogens (tertiary/aromatic N) is 3. The predicted octanol–water partition coefficient (Wildman–Crippen LogP) is 2.83. The Hall–Kier alpha value is -2.18. The number of amides is 1. The van der Waals surface area contributed by atoms with Gasteiger partial charge in [0.2, 0.25) is 5.89 Å². The highest BCUT2D eigenvalue weighted by molar-refractivity contribution is 5.92. The van der Waals surface area contributed by atoms with Crippen molar-refractivity contribution in [2.24, 2.45) is 0 Å². The van der Waals surface area contributed by atoms with Gasteiger partial charge < -0.3 is 9.73 Å². The lowest BCUT2D eigenvalue weighted by Crippen LogP contribution is -2.45. The zero-order valence-corrected chi connectivity index (χ0v) is 16.6. The molecule has 1 aliphatic heterocycles. The second kappa shape index (κ2) is 9.15. The molecule has 146 valence electrons. The molecule has 1 amide bonds. The van der Waals surface area contributed by atoms with Crippen molar-refractivity contribution in [2.45, 2.75) is 46.3 Å². The van der Waals surface area contributed by atoms with Crippen molar-refractivity contribution in [3.8, 4) is 0 Å². The maximum atomic E-state index is 12.1. The summed E-state index contributed by atoms with van der Waals surface area (Å²) in [5.74, 6) is 0.443. The number of hydrogen-bond donors (Lipinski definition) is 1.